The smallest absolute Gasteiger partial charge is 0.410 e. The second-order valence-corrected chi connectivity index (χ2v) is 7.38. The molecule has 8 heteroatoms. The molecule has 7 nitrogen and oxygen atoms in total. The molecule has 1 aliphatic heterocycles. The molecule has 27 heavy (non-hydrogen) atoms. The highest BCUT2D eigenvalue weighted by Gasteiger charge is 2.26. The Morgan fingerprint density at radius 1 is 1.15 bits per heavy atom. The van der Waals surface area contributed by atoms with Gasteiger partial charge in [0.2, 0.25) is 0 Å². The van der Waals surface area contributed by atoms with Crippen LogP contribution in [-0.2, 0) is 4.74 Å². The molecule has 0 bridgehead atoms. The number of carbonyl (C=O) groups excluding carboxylic acids is 1. The van der Waals surface area contributed by atoms with Crippen LogP contribution in [0.4, 0.5) is 15.0 Å². The molecule has 3 rings (SSSR count). The van der Waals surface area contributed by atoms with E-state index in [-0.39, 0.29) is 11.8 Å². The van der Waals surface area contributed by atoms with E-state index in [0.717, 1.165) is 6.07 Å². The van der Waals surface area contributed by atoms with Crippen LogP contribution in [0.25, 0.3) is 11.3 Å². The van der Waals surface area contributed by atoms with Crippen molar-refractivity contribution in [2.24, 2.45) is 0 Å². The highest BCUT2D eigenvalue weighted by atomic mass is 19.1. The lowest BCUT2D eigenvalue weighted by Gasteiger charge is -2.36. The Hall–Kier alpha value is -2.90. The monoisotopic (exact) mass is 374 g/mol. The summed E-state index contributed by atoms with van der Waals surface area (Å²) in [5.74, 6) is 0.00533. The standard InChI is InChI=1S/C19H23FN4O3/c1-19(2,3)27-18(26)24-8-6-23(7-9-24)17-11-15(21-12-22-17)14-5-4-13(20)10-16(14)25/h4-5,10-12,25H,6-9H2,1-3H3. The van der Waals surface area contributed by atoms with Crippen molar-refractivity contribution in [2.75, 3.05) is 31.1 Å². The zero-order valence-electron chi connectivity index (χ0n) is 15.6. The van der Waals surface area contributed by atoms with E-state index >= 15 is 0 Å². The van der Waals surface area contributed by atoms with Crippen molar-refractivity contribution in [3.05, 3.63) is 36.4 Å². The van der Waals surface area contributed by atoms with E-state index in [1.165, 1.54) is 18.5 Å². The molecule has 1 saturated heterocycles. The fourth-order valence-electron chi connectivity index (χ4n) is 2.83. The van der Waals surface area contributed by atoms with Gasteiger partial charge in [0.05, 0.1) is 5.69 Å². The van der Waals surface area contributed by atoms with E-state index in [2.05, 4.69) is 9.97 Å². The summed E-state index contributed by atoms with van der Waals surface area (Å²) in [4.78, 5) is 24.3. The second-order valence-electron chi connectivity index (χ2n) is 7.38. The molecule has 144 valence electrons. The summed E-state index contributed by atoms with van der Waals surface area (Å²) in [5.41, 5.74) is 0.423. The number of piperazine rings is 1. The van der Waals surface area contributed by atoms with Crippen LogP contribution in [0.1, 0.15) is 20.8 Å². The molecule has 1 N–H and O–H groups in total. The van der Waals surface area contributed by atoms with Crippen molar-refractivity contribution in [3.63, 3.8) is 0 Å². The molecular formula is C19H23FN4O3. The number of halogens is 1. The maximum absolute atomic E-state index is 13.2. The van der Waals surface area contributed by atoms with E-state index in [9.17, 15) is 14.3 Å². The first-order valence-electron chi connectivity index (χ1n) is 8.77. The van der Waals surface area contributed by atoms with Gasteiger partial charge in [-0.2, -0.15) is 0 Å². The molecule has 2 aromatic rings. The van der Waals surface area contributed by atoms with Gasteiger partial charge in [0, 0.05) is 43.9 Å². The van der Waals surface area contributed by atoms with Gasteiger partial charge in [-0.05, 0) is 32.9 Å². The quantitative estimate of drug-likeness (QED) is 0.870. The third-order valence-electron chi connectivity index (χ3n) is 4.14. The van der Waals surface area contributed by atoms with Crippen LogP contribution in [-0.4, -0.2) is 57.8 Å². The largest absolute Gasteiger partial charge is 0.507 e. The Balaban J connectivity index is 1.69. The number of phenolic OH excluding ortho intramolecular Hbond substituents is 1. The summed E-state index contributed by atoms with van der Waals surface area (Å²) in [7, 11) is 0. The average molecular weight is 374 g/mol. The molecule has 0 unspecified atom stereocenters. The number of rotatable bonds is 2. The van der Waals surface area contributed by atoms with E-state index in [1.54, 1.807) is 11.0 Å². The minimum Gasteiger partial charge on any atom is -0.507 e. The third kappa shape index (κ3) is 4.64. The van der Waals surface area contributed by atoms with Gasteiger partial charge in [0.15, 0.2) is 0 Å². The molecule has 2 heterocycles. The maximum atomic E-state index is 13.2. The second kappa shape index (κ2) is 7.38. The number of benzene rings is 1. The number of phenols is 1. The Labute approximate surface area is 157 Å². The molecule has 1 aromatic heterocycles. The zero-order chi connectivity index (χ0) is 19.6. The minimum absolute atomic E-state index is 0.172. The van der Waals surface area contributed by atoms with Crippen LogP contribution in [0.5, 0.6) is 5.75 Å². The highest BCUT2D eigenvalue weighted by Crippen LogP contribution is 2.29. The highest BCUT2D eigenvalue weighted by molar-refractivity contribution is 5.70. The lowest BCUT2D eigenvalue weighted by Crippen LogP contribution is -2.50. The predicted octanol–water partition coefficient (Wildman–Crippen LogP) is 3.05. The number of amides is 1. The minimum atomic E-state index is -0.521. The molecule has 0 radical (unpaired) electrons. The fourth-order valence-corrected chi connectivity index (χ4v) is 2.83. The summed E-state index contributed by atoms with van der Waals surface area (Å²) < 4.78 is 18.6. The van der Waals surface area contributed by atoms with E-state index < -0.39 is 11.4 Å². The number of carbonyl (C=O) groups is 1. The SMILES string of the molecule is CC(C)(C)OC(=O)N1CCN(c2cc(-c3ccc(F)cc3O)ncn2)CC1. The molecule has 1 aliphatic rings. The Bertz CT molecular complexity index is 830. The summed E-state index contributed by atoms with van der Waals surface area (Å²) in [6.07, 6.45) is 1.09. The van der Waals surface area contributed by atoms with Gasteiger partial charge in [-0.15, -0.1) is 0 Å². The summed E-state index contributed by atoms with van der Waals surface area (Å²) in [5, 5.41) is 9.96. The van der Waals surface area contributed by atoms with Crippen molar-refractivity contribution in [1.29, 1.82) is 0 Å². The molecule has 0 aliphatic carbocycles. The molecule has 0 spiro atoms. The summed E-state index contributed by atoms with van der Waals surface area (Å²) in [6.45, 7) is 7.78. The predicted molar refractivity (Wildman–Crippen MR) is 99.1 cm³/mol. The van der Waals surface area contributed by atoms with Gasteiger partial charge >= 0.3 is 6.09 Å². The molecule has 0 atom stereocenters. The molecule has 1 aromatic carbocycles. The molecule has 1 fully saturated rings. The third-order valence-corrected chi connectivity index (χ3v) is 4.14. The van der Waals surface area contributed by atoms with Crippen molar-refractivity contribution in [2.45, 2.75) is 26.4 Å². The van der Waals surface area contributed by atoms with Crippen LogP contribution >= 0.6 is 0 Å². The van der Waals surface area contributed by atoms with E-state index in [4.69, 9.17) is 4.74 Å². The van der Waals surface area contributed by atoms with Crippen LogP contribution in [0, 0.1) is 5.82 Å². The lowest BCUT2D eigenvalue weighted by atomic mass is 10.1. The van der Waals surface area contributed by atoms with Crippen molar-refractivity contribution < 1.29 is 19.0 Å². The zero-order valence-corrected chi connectivity index (χ0v) is 15.6. The number of nitrogens with zero attached hydrogens (tertiary/aromatic N) is 4. The Kier molecular flexibility index (Phi) is 5.16. The Morgan fingerprint density at radius 3 is 2.48 bits per heavy atom. The maximum Gasteiger partial charge on any atom is 0.410 e. The average Bonchev–Trinajstić information content (AvgIpc) is 2.60. The first-order valence-corrected chi connectivity index (χ1v) is 8.77. The van der Waals surface area contributed by atoms with Crippen LogP contribution in [0.2, 0.25) is 0 Å². The van der Waals surface area contributed by atoms with Gasteiger partial charge in [-0.25, -0.2) is 19.2 Å². The van der Waals surface area contributed by atoms with Gasteiger partial charge < -0.3 is 19.6 Å². The number of hydrogen-bond donors (Lipinski definition) is 1. The van der Waals surface area contributed by atoms with Gasteiger partial charge in [0.25, 0.3) is 0 Å². The van der Waals surface area contributed by atoms with Gasteiger partial charge in [-0.1, -0.05) is 0 Å². The molecular weight excluding hydrogens is 351 g/mol. The van der Waals surface area contributed by atoms with Crippen LogP contribution in [0.3, 0.4) is 0 Å². The number of anilines is 1. The van der Waals surface area contributed by atoms with Crippen LogP contribution < -0.4 is 4.90 Å². The number of aromatic nitrogens is 2. The number of ether oxygens (including phenoxy) is 1. The topological polar surface area (TPSA) is 78.8 Å². The van der Waals surface area contributed by atoms with Gasteiger partial charge in [-0.3, -0.25) is 0 Å². The van der Waals surface area contributed by atoms with E-state index in [1.807, 2.05) is 25.7 Å². The van der Waals surface area contributed by atoms with Crippen LogP contribution in [0.15, 0.2) is 30.6 Å². The molecule has 1 amide bonds. The fraction of sp³-hybridized carbons (Fsp3) is 0.421. The van der Waals surface area contributed by atoms with Crippen molar-refractivity contribution >= 4 is 11.9 Å². The first-order chi connectivity index (χ1) is 12.7. The molecule has 0 saturated carbocycles. The summed E-state index contributed by atoms with van der Waals surface area (Å²) >= 11 is 0. The summed E-state index contributed by atoms with van der Waals surface area (Å²) in [6, 6.07) is 5.56. The van der Waals surface area contributed by atoms with Crippen molar-refractivity contribution in [1.82, 2.24) is 14.9 Å². The normalized spacial score (nSPS) is 15.0. The van der Waals surface area contributed by atoms with Crippen molar-refractivity contribution in [3.8, 4) is 17.0 Å². The van der Waals surface area contributed by atoms with Gasteiger partial charge in [0.1, 0.15) is 29.3 Å². The van der Waals surface area contributed by atoms with E-state index in [0.29, 0.717) is 43.3 Å². The number of hydrogen-bond acceptors (Lipinski definition) is 6. The number of aromatic hydroxyl groups is 1. The Morgan fingerprint density at radius 2 is 1.85 bits per heavy atom. The first kappa shape index (κ1) is 18.9. The lowest BCUT2D eigenvalue weighted by molar-refractivity contribution is 0.0240.